The van der Waals surface area contributed by atoms with E-state index in [0.717, 1.165) is 30.8 Å². The lowest BCUT2D eigenvalue weighted by Crippen LogP contribution is -2.49. The molecule has 1 N–H and O–H groups in total. The Morgan fingerprint density at radius 1 is 1.03 bits per heavy atom. The van der Waals surface area contributed by atoms with Gasteiger partial charge in [-0.05, 0) is 29.3 Å². The van der Waals surface area contributed by atoms with Gasteiger partial charge in [-0.3, -0.25) is 0 Å². The summed E-state index contributed by atoms with van der Waals surface area (Å²) in [5, 5.41) is 5.56. The van der Waals surface area contributed by atoms with E-state index in [2.05, 4.69) is 45.5 Å². The molecule has 2 fully saturated rings. The number of amides is 2. The van der Waals surface area contributed by atoms with Gasteiger partial charge < -0.3 is 19.9 Å². The number of aromatic nitrogens is 2. The molecule has 7 nitrogen and oxygen atoms in total. The van der Waals surface area contributed by atoms with Crippen LogP contribution in [0.5, 0.6) is 0 Å². The standard InChI is InChI=1S/C23H25N5O2/c29-23(27-11-13-30-14-12-27)25-20-8-10-28(16-20)22-24-9-7-21(26-22)19-6-5-17-3-1-2-4-18(17)15-19/h1-7,9,15,20H,8,10-14,16H2,(H,25,29)/t20-/m0/s1. The van der Waals surface area contributed by atoms with E-state index in [-0.39, 0.29) is 12.1 Å². The predicted molar refractivity (Wildman–Crippen MR) is 117 cm³/mol. The fourth-order valence-electron chi connectivity index (χ4n) is 4.10. The normalized spacial score (nSPS) is 19.3. The maximum absolute atomic E-state index is 12.5. The van der Waals surface area contributed by atoms with Crippen molar-refractivity contribution in [2.45, 2.75) is 12.5 Å². The van der Waals surface area contributed by atoms with Crippen LogP contribution in [0.4, 0.5) is 10.7 Å². The summed E-state index contributed by atoms with van der Waals surface area (Å²) >= 11 is 0. The molecule has 0 aliphatic carbocycles. The van der Waals surface area contributed by atoms with Crippen LogP contribution in [-0.4, -0.2) is 66.3 Å². The second-order valence-electron chi connectivity index (χ2n) is 7.78. The molecule has 3 heterocycles. The van der Waals surface area contributed by atoms with Crippen molar-refractivity contribution in [2.75, 3.05) is 44.3 Å². The minimum Gasteiger partial charge on any atom is -0.378 e. The summed E-state index contributed by atoms with van der Waals surface area (Å²) in [7, 11) is 0. The number of rotatable bonds is 3. The number of hydrogen-bond acceptors (Lipinski definition) is 5. The van der Waals surface area contributed by atoms with Crippen molar-refractivity contribution in [3.8, 4) is 11.3 Å². The van der Waals surface area contributed by atoms with Crippen molar-refractivity contribution in [3.63, 3.8) is 0 Å². The molecule has 1 aromatic heterocycles. The zero-order chi connectivity index (χ0) is 20.3. The smallest absolute Gasteiger partial charge is 0.317 e. The van der Waals surface area contributed by atoms with Gasteiger partial charge in [0.15, 0.2) is 0 Å². The monoisotopic (exact) mass is 403 g/mol. The van der Waals surface area contributed by atoms with E-state index in [4.69, 9.17) is 9.72 Å². The van der Waals surface area contributed by atoms with Crippen molar-refractivity contribution >= 4 is 22.8 Å². The minimum absolute atomic E-state index is 0.00372. The highest BCUT2D eigenvalue weighted by Crippen LogP contribution is 2.25. The quantitative estimate of drug-likeness (QED) is 0.728. The molecule has 0 unspecified atom stereocenters. The van der Waals surface area contributed by atoms with Crippen molar-refractivity contribution < 1.29 is 9.53 Å². The van der Waals surface area contributed by atoms with Gasteiger partial charge in [-0.1, -0.05) is 36.4 Å². The Kier molecular flexibility index (Phi) is 5.19. The van der Waals surface area contributed by atoms with Crippen LogP contribution in [0.2, 0.25) is 0 Å². The number of nitrogens with one attached hydrogen (secondary N) is 1. The van der Waals surface area contributed by atoms with E-state index in [9.17, 15) is 4.79 Å². The molecular weight excluding hydrogens is 378 g/mol. The number of carbonyl (C=O) groups excluding carboxylic acids is 1. The van der Waals surface area contributed by atoms with E-state index in [1.54, 1.807) is 0 Å². The Morgan fingerprint density at radius 3 is 2.73 bits per heavy atom. The second kappa shape index (κ2) is 8.28. The van der Waals surface area contributed by atoms with Crippen LogP contribution in [0, 0.1) is 0 Å². The van der Waals surface area contributed by atoms with Crippen LogP contribution in [0.15, 0.2) is 54.7 Å². The molecule has 2 amide bonds. The lowest BCUT2D eigenvalue weighted by molar-refractivity contribution is 0.0526. The maximum atomic E-state index is 12.5. The Bertz CT molecular complexity index is 1050. The van der Waals surface area contributed by atoms with E-state index in [0.29, 0.717) is 32.3 Å². The predicted octanol–water partition coefficient (Wildman–Crippen LogP) is 2.92. The Labute approximate surface area is 175 Å². The highest BCUT2D eigenvalue weighted by molar-refractivity contribution is 5.86. The van der Waals surface area contributed by atoms with Crippen molar-refractivity contribution in [3.05, 3.63) is 54.7 Å². The lowest BCUT2D eigenvalue weighted by Gasteiger charge is -2.28. The van der Waals surface area contributed by atoms with Gasteiger partial charge in [-0.15, -0.1) is 0 Å². The van der Waals surface area contributed by atoms with E-state index in [1.807, 2.05) is 29.3 Å². The summed E-state index contributed by atoms with van der Waals surface area (Å²) in [6, 6.07) is 16.8. The average molecular weight is 403 g/mol. The first kappa shape index (κ1) is 18.8. The third kappa shape index (κ3) is 3.93. The molecule has 2 aliphatic heterocycles. The van der Waals surface area contributed by atoms with E-state index < -0.39 is 0 Å². The van der Waals surface area contributed by atoms with Gasteiger partial charge in [-0.25, -0.2) is 14.8 Å². The topological polar surface area (TPSA) is 70.6 Å². The first-order valence-corrected chi connectivity index (χ1v) is 10.5. The van der Waals surface area contributed by atoms with Gasteiger partial charge in [0.25, 0.3) is 0 Å². The number of ether oxygens (including phenoxy) is 1. The van der Waals surface area contributed by atoms with Gasteiger partial charge in [0, 0.05) is 44.0 Å². The SMILES string of the molecule is O=C(N[C@H]1CCN(c2nccc(-c3ccc4ccccc4c3)n2)C1)N1CCOCC1. The minimum atomic E-state index is -0.00372. The highest BCUT2D eigenvalue weighted by atomic mass is 16.5. The zero-order valence-corrected chi connectivity index (χ0v) is 16.8. The molecular formula is C23H25N5O2. The summed E-state index contributed by atoms with van der Waals surface area (Å²) in [5.41, 5.74) is 1.99. The van der Waals surface area contributed by atoms with Gasteiger partial charge in [0.2, 0.25) is 5.95 Å². The lowest BCUT2D eigenvalue weighted by atomic mass is 10.1. The molecule has 1 atom stereocenters. The van der Waals surface area contributed by atoms with Crippen LogP contribution >= 0.6 is 0 Å². The summed E-state index contributed by atoms with van der Waals surface area (Å²) in [5.74, 6) is 0.712. The fraction of sp³-hybridized carbons (Fsp3) is 0.348. The van der Waals surface area contributed by atoms with Crippen LogP contribution < -0.4 is 10.2 Å². The number of hydrogen-bond donors (Lipinski definition) is 1. The zero-order valence-electron chi connectivity index (χ0n) is 16.8. The second-order valence-corrected chi connectivity index (χ2v) is 7.78. The van der Waals surface area contributed by atoms with Gasteiger partial charge in [-0.2, -0.15) is 0 Å². The number of nitrogens with zero attached hydrogens (tertiary/aromatic N) is 4. The fourth-order valence-corrected chi connectivity index (χ4v) is 4.10. The van der Waals surface area contributed by atoms with Crippen molar-refractivity contribution in [1.82, 2.24) is 20.2 Å². The Hall–Kier alpha value is -3.19. The third-order valence-electron chi connectivity index (χ3n) is 5.79. The number of morpholine rings is 1. The van der Waals surface area contributed by atoms with E-state index in [1.165, 1.54) is 10.8 Å². The third-order valence-corrected chi connectivity index (χ3v) is 5.79. The number of carbonyl (C=O) groups is 1. The number of fused-ring (bicyclic) bond motifs is 1. The van der Waals surface area contributed by atoms with Crippen LogP contribution in [0.1, 0.15) is 6.42 Å². The molecule has 0 bridgehead atoms. The molecule has 154 valence electrons. The molecule has 3 aromatic rings. The van der Waals surface area contributed by atoms with Crippen LogP contribution in [-0.2, 0) is 4.74 Å². The molecule has 0 spiro atoms. The molecule has 5 rings (SSSR count). The molecule has 2 aliphatic rings. The number of benzene rings is 2. The Balaban J connectivity index is 1.28. The molecule has 7 heteroatoms. The summed E-state index contributed by atoms with van der Waals surface area (Å²) in [6.45, 7) is 4.07. The Morgan fingerprint density at radius 2 is 1.87 bits per heavy atom. The van der Waals surface area contributed by atoms with Gasteiger partial charge >= 0.3 is 6.03 Å². The van der Waals surface area contributed by atoms with Crippen molar-refractivity contribution in [2.24, 2.45) is 0 Å². The summed E-state index contributed by atoms with van der Waals surface area (Å²) < 4.78 is 5.32. The molecule has 0 radical (unpaired) electrons. The summed E-state index contributed by atoms with van der Waals surface area (Å²) in [4.78, 5) is 25.7. The van der Waals surface area contributed by atoms with Gasteiger partial charge in [0.05, 0.1) is 18.9 Å². The van der Waals surface area contributed by atoms with Crippen LogP contribution in [0.25, 0.3) is 22.0 Å². The molecule has 2 saturated heterocycles. The largest absolute Gasteiger partial charge is 0.378 e. The first-order valence-electron chi connectivity index (χ1n) is 10.5. The maximum Gasteiger partial charge on any atom is 0.317 e. The highest BCUT2D eigenvalue weighted by Gasteiger charge is 2.27. The first-order chi connectivity index (χ1) is 14.8. The number of urea groups is 1. The van der Waals surface area contributed by atoms with E-state index >= 15 is 0 Å². The van der Waals surface area contributed by atoms with Crippen molar-refractivity contribution in [1.29, 1.82) is 0 Å². The van der Waals surface area contributed by atoms with Gasteiger partial charge in [0.1, 0.15) is 0 Å². The number of anilines is 1. The molecule has 2 aromatic carbocycles. The molecule has 0 saturated carbocycles. The average Bonchev–Trinajstić information content (AvgIpc) is 3.28. The van der Waals surface area contributed by atoms with Crippen LogP contribution in [0.3, 0.4) is 0 Å². The molecule has 30 heavy (non-hydrogen) atoms. The summed E-state index contributed by atoms with van der Waals surface area (Å²) in [6.07, 6.45) is 2.70.